The van der Waals surface area contributed by atoms with Crippen LogP contribution in [0.1, 0.15) is 16.8 Å². The van der Waals surface area contributed by atoms with Gasteiger partial charge in [-0.15, -0.1) is 0 Å². The van der Waals surface area contributed by atoms with Gasteiger partial charge in [-0.05, 0) is 30.4 Å². The first kappa shape index (κ1) is 21.9. The fraction of sp³-hybridized carbons (Fsp3) is 0.261. The third-order valence-electron chi connectivity index (χ3n) is 6.37. The van der Waals surface area contributed by atoms with Crippen molar-refractivity contribution in [3.8, 4) is 11.4 Å². The normalized spacial score (nSPS) is 22.7. The molecule has 0 radical (unpaired) electrons. The highest BCUT2D eigenvalue weighted by Crippen LogP contribution is 2.46. The van der Waals surface area contributed by atoms with Crippen molar-refractivity contribution in [2.24, 2.45) is 23.5 Å². The Kier molecular flexibility index (Phi) is 5.45. The molecule has 2 aliphatic rings. The molecule has 5 rings (SSSR count). The number of imidazole rings is 1. The number of hydrogen-bond donors (Lipinski definition) is 5. The van der Waals surface area contributed by atoms with Crippen LogP contribution in [0.2, 0.25) is 5.02 Å². The van der Waals surface area contributed by atoms with Crippen molar-refractivity contribution in [1.82, 2.24) is 20.3 Å². The zero-order valence-corrected chi connectivity index (χ0v) is 18.5. The van der Waals surface area contributed by atoms with Crippen molar-refractivity contribution < 1.29 is 19.5 Å². The Balaban J connectivity index is 1.47. The van der Waals surface area contributed by atoms with E-state index in [0.29, 0.717) is 38.8 Å². The highest BCUT2D eigenvalue weighted by Gasteiger charge is 2.47. The quantitative estimate of drug-likeness (QED) is 0.323. The monoisotopic (exact) mass is 480 g/mol. The number of hydrogen-bond acceptors (Lipinski definition) is 6. The summed E-state index contributed by atoms with van der Waals surface area (Å²) in [7, 11) is 0. The SMILES string of the molecule is NC(=O)[C@@H]1[C@H](Nc2c(Cl)cnc3nc(-c4cccc(C(=O)NCC(=O)O)c4)[nH]c23)[C@H]2C=C[C@@H]1C2. The lowest BCUT2D eigenvalue weighted by molar-refractivity contribution is -0.135. The number of carboxylic acid groups (broad SMARTS) is 1. The number of carbonyl (C=O) groups is 3. The maximum absolute atomic E-state index is 12.3. The minimum Gasteiger partial charge on any atom is -0.480 e. The number of aromatic amines is 1. The van der Waals surface area contributed by atoms with Crippen molar-refractivity contribution >= 4 is 46.2 Å². The Morgan fingerprint density at radius 3 is 2.79 bits per heavy atom. The number of amides is 2. The van der Waals surface area contributed by atoms with E-state index in [2.05, 4.69) is 37.7 Å². The van der Waals surface area contributed by atoms with Gasteiger partial charge in [-0.25, -0.2) is 9.97 Å². The molecule has 0 saturated heterocycles. The summed E-state index contributed by atoms with van der Waals surface area (Å²) in [5, 5.41) is 14.9. The number of aromatic nitrogens is 3. The molecule has 174 valence electrons. The number of nitrogens with zero attached hydrogens (tertiary/aromatic N) is 2. The molecule has 2 aromatic heterocycles. The Bertz CT molecular complexity index is 1350. The number of carbonyl (C=O) groups excluding carboxylic acids is 2. The molecule has 3 aromatic rings. The van der Waals surface area contributed by atoms with Gasteiger partial charge in [0.2, 0.25) is 5.91 Å². The molecule has 0 unspecified atom stereocenters. The zero-order chi connectivity index (χ0) is 24.0. The Hall–Kier alpha value is -3.92. The minimum absolute atomic E-state index is 0.114. The summed E-state index contributed by atoms with van der Waals surface area (Å²) in [6, 6.07) is 6.44. The Labute approximate surface area is 198 Å². The van der Waals surface area contributed by atoms with Crippen LogP contribution in [-0.2, 0) is 9.59 Å². The third kappa shape index (κ3) is 3.86. The third-order valence-corrected chi connectivity index (χ3v) is 6.66. The van der Waals surface area contributed by atoms with E-state index in [1.165, 1.54) is 6.20 Å². The van der Waals surface area contributed by atoms with Gasteiger partial charge in [0.15, 0.2) is 5.65 Å². The van der Waals surface area contributed by atoms with Crippen LogP contribution in [0.15, 0.2) is 42.6 Å². The van der Waals surface area contributed by atoms with Gasteiger partial charge in [0.25, 0.3) is 5.91 Å². The number of rotatable bonds is 7. The summed E-state index contributed by atoms with van der Waals surface area (Å²) in [4.78, 5) is 47.2. The van der Waals surface area contributed by atoms with Gasteiger partial charge in [-0.2, -0.15) is 0 Å². The maximum Gasteiger partial charge on any atom is 0.322 e. The second-order valence-corrected chi connectivity index (χ2v) is 8.88. The lowest BCUT2D eigenvalue weighted by Crippen LogP contribution is -2.41. The minimum atomic E-state index is -1.13. The molecule has 2 amide bonds. The predicted octanol–water partition coefficient (Wildman–Crippen LogP) is 2.18. The fourth-order valence-corrected chi connectivity index (χ4v) is 5.05. The van der Waals surface area contributed by atoms with Crippen LogP contribution in [-0.4, -0.2) is 50.4 Å². The number of anilines is 1. The van der Waals surface area contributed by atoms with Crippen molar-refractivity contribution in [2.75, 3.05) is 11.9 Å². The molecule has 4 atom stereocenters. The lowest BCUT2D eigenvalue weighted by atomic mass is 9.88. The molecule has 6 N–H and O–H groups in total. The summed E-state index contributed by atoms with van der Waals surface area (Å²) in [5.41, 5.74) is 8.16. The van der Waals surface area contributed by atoms with Gasteiger partial charge in [0.1, 0.15) is 17.9 Å². The van der Waals surface area contributed by atoms with E-state index >= 15 is 0 Å². The smallest absolute Gasteiger partial charge is 0.322 e. The molecule has 11 heteroatoms. The molecule has 2 aliphatic carbocycles. The second kappa shape index (κ2) is 8.45. The molecular formula is C23H21ClN6O4. The molecular weight excluding hydrogens is 460 g/mol. The number of pyridine rings is 1. The van der Waals surface area contributed by atoms with E-state index in [0.717, 1.165) is 6.42 Å². The molecule has 1 saturated carbocycles. The summed E-state index contributed by atoms with van der Waals surface area (Å²) >= 11 is 6.49. The largest absolute Gasteiger partial charge is 0.480 e. The van der Waals surface area contributed by atoms with Crippen molar-refractivity contribution in [3.05, 3.63) is 53.2 Å². The fourth-order valence-electron chi connectivity index (χ4n) is 4.85. The summed E-state index contributed by atoms with van der Waals surface area (Å²) in [5.74, 6) is -1.58. The van der Waals surface area contributed by atoms with Crippen LogP contribution in [0.3, 0.4) is 0 Å². The number of halogens is 1. The van der Waals surface area contributed by atoms with Crippen LogP contribution in [0, 0.1) is 17.8 Å². The maximum atomic E-state index is 12.3. The van der Waals surface area contributed by atoms with Crippen molar-refractivity contribution in [2.45, 2.75) is 12.5 Å². The zero-order valence-electron chi connectivity index (χ0n) is 17.8. The molecule has 10 nitrogen and oxygen atoms in total. The Morgan fingerprint density at radius 2 is 2.03 bits per heavy atom. The number of nitrogens with two attached hydrogens (primary N) is 1. The Morgan fingerprint density at radius 1 is 1.24 bits per heavy atom. The number of carboxylic acids is 1. The number of benzene rings is 1. The van der Waals surface area contributed by atoms with Crippen LogP contribution in [0.5, 0.6) is 0 Å². The average Bonchev–Trinajstić information content (AvgIpc) is 3.54. The van der Waals surface area contributed by atoms with Gasteiger partial charge < -0.3 is 26.5 Å². The van der Waals surface area contributed by atoms with E-state index in [1.54, 1.807) is 24.3 Å². The van der Waals surface area contributed by atoms with Crippen molar-refractivity contribution in [3.63, 3.8) is 0 Å². The standard InChI is InChI=1S/C23H21ClN6O4/c24-14-8-26-22-19(18(14)28-17-11-5-4-10(6-11)16(17)20(25)33)29-21(30-22)12-2-1-3-13(7-12)23(34)27-9-15(31)32/h1-5,7-8,10-11,16-17H,6,9H2,(H2,25,33)(H,27,34)(H,31,32)(H2,26,28,29,30)/t10-,11+,16+,17-/m1/s1. The first-order valence-electron chi connectivity index (χ1n) is 10.7. The number of nitrogens with one attached hydrogen (secondary N) is 3. The predicted molar refractivity (Wildman–Crippen MR) is 125 cm³/mol. The molecule has 1 fully saturated rings. The van der Waals surface area contributed by atoms with E-state index in [4.69, 9.17) is 22.4 Å². The first-order chi connectivity index (χ1) is 16.3. The number of aliphatic carboxylic acids is 1. The summed E-state index contributed by atoms with van der Waals surface area (Å²) in [6.45, 7) is -0.477. The first-order valence-corrected chi connectivity index (χ1v) is 11.1. The van der Waals surface area contributed by atoms with E-state index in [9.17, 15) is 14.4 Å². The number of primary amides is 1. The van der Waals surface area contributed by atoms with Crippen molar-refractivity contribution in [1.29, 1.82) is 0 Å². The highest BCUT2D eigenvalue weighted by atomic mass is 35.5. The summed E-state index contributed by atoms with van der Waals surface area (Å²) < 4.78 is 0. The molecule has 0 spiro atoms. The van der Waals surface area contributed by atoms with Gasteiger partial charge in [-0.3, -0.25) is 14.4 Å². The van der Waals surface area contributed by atoms with E-state index < -0.39 is 18.4 Å². The van der Waals surface area contributed by atoms with Gasteiger partial charge in [-0.1, -0.05) is 35.9 Å². The number of fused-ring (bicyclic) bond motifs is 3. The molecule has 1 aromatic carbocycles. The van der Waals surface area contributed by atoms with E-state index in [-0.39, 0.29) is 29.7 Å². The summed E-state index contributed by atoms with van der Waals surface area (Å²) in [6.07, 6.45) is 6.51. The molecule has 2 bridgehead atoms. The van der Waals surface area contributed by atoms with Gasteiger partial charge in [0, 0.05) is 17.2 Å². The van der Waals surface area contributed by atoms with Crippen LogP contribution >= 0.6 is 11.6 Å². The topological polar surface area (TPSA) is 163 Å². The number of allylic oxidation sites excluding steroid dienone is 1. The van der Waals surface area contributed by atoms with Crippen LogP contribution in [0.4, 0.5) is 5.69 Å². The molecule has 2 heterocycles. The highest BCUT2D eigenvalue weighted by molar-refractivity contribution is 6.34. The molecule has 34 heavy (non-hydrogen) atoms. The molecule has 0 aliphatic heterocycles. The second-order valence-electron chi connectivity index (χ2n) is 8.47. The van der Waals surface area contributed by atoms with Crippen LogP contribution in [0.25, 0.3) is 22.6 Å². The lowest BCUT2D eigenvalue weighted by Gasteiger charge is -2.28. The van der Waals surface area contributed by atoms with Gasteiger partial charge >= 0.3 is 5.97 Å². The van der Waals surface area contributed by atoms with E-state index in [1.807, 2.05) is 0 Å². The number of H-pyrrole nitrogens is 1. The van der Waals surface area contributed by atoms with Gasteiger partial charge in [0.05, 0.1) is 22.8 Å². The average molecular weight is 481 g/mol. The van der Waals surface area contributed by atoms with Crippen LogP contribution < -0.4 is 16.4 Å².